The molecular weight excluding hydrogens is 320 g/mol. The third kappa shape index (κ3) is 24.1. The van der Waals surface area contributed by atoms with Crippen molar-refractivity contribution in [1.29, 1.82) is 0 Å². The Morgan fingerprint density at radius 2 is 0.880 bits per heavy atom. The van der Waals surface area contributed by atoms with Crippen LogP contribution in [0.15, 0.2) is 0 Å². The van der Waals surface area contributed by atoms with Gasteiger partial charge in [-0.15, -0.1) is 0 Å². The highest BCUT2D eigenvalue weighted by Gasteiger charge is 2.04. The average molecular weight is 372 g/mol. The van der Waals surface area contributed by atoms with Gasteiger partial charge in [0.25, 0.3) is 0 Å². The molecule has 0 aliphatic carbocycles. The van der Waals surface area contributed by atoms with E-state index in [1.807, 2.05) is 0 Å². The number of nitrogens with zero attached hydrogens (tertiary/aromatic N) is 1. The van der Waals surface area contributed by atoms with Crippen molar-refractivity contribution in [3.63, 3.8) is 0 Å². The summed E-state index contributed by atoms with van der Waals surface area (Å²) in [7, 11) is 8.19. The van der Waals surface area contributed by atoms with Gasteiger partial charge in [0, 0.05) is 16.8 Å². The van der Waals surface area contributed by atoms with Crippen LogP contribution >= 0.6 is 0 Å². The van der Waals surface area contributed by atoms with Crippen molar-refractivity contribution in [3.8, 4) is 0 Å². The monoisotopic (exact) mass is 371 g/mol. The second kappa shape index (κ2) is 18.9. The van der Waals surface area contributed by atoms with E-state index < -0.39 is 0 Å². The zero-order chi connectivity index (χ0) is 18.6. The summed E-state index contributed by atoms with van der Waals surface area (Å²) in [6.07, 6.45) is 22.0. The minimum atomic E-state index is 1.06. The van der Waals surface area contributed by atoms with Gasteiger partial charge in [0.1, 0.15) is 0 Å². The number of quaternary nitrogens is 1. The Morgan fingerprint density at radius 1 is 0.520 bits per heavy atom. The molecule has 0 atom stereocenters. The molecule has 2 nitrogen and oxygen atoms in total. The van der Waals surface area contributed by atoms with Crippen molar-refractivity contribution >= 4 is 10.2 Å². The van der Waals surface area contributed by atoms with E-state index >= 15 is 0 Å². The molecule has 0 saturated carbocycles. The van der Waals surface area contributed by atoms with E-state index in [4.69, 9.17) is 0 Å². The molecule has 1 N–H and O–H groups in total. The van der Waals surface area contributed by atoms with Crippen molar-refractivity contribution in [2.75, 3.05) is 40.8 Å². The highest BCUT2D eigenvalue weighted by atomic mass is 28.1. The summed E-state index contributed by atoms with van der Waals surface area (Å²) in [4.78, 5) is 0. The number of hydrogen-bond donors (Lipinski definition) is 1. The lowest BCUT2D eigenvalue weighted by molar-refractivity contribution is -0.869. The van der Waals surface area contributed by atoms with Crippen LogP contribution < -0.4 is 5.32 Å². The lowest BCUT2D eigenvalue weighted by atomic mass is 10.0. The van der Waals surface area contributed by atoms with Crippen LogP contribution in [0.3, 0.4) is 0 Å². The van der Waals surface area contributed by atoms with E-state index in [0.29, 0.717) is 0 Å². The summed E-state index contributed by atoms with van der Waals surface area (Å²) in [5.41, 5.74) is 0. The smallest absolute Gasteiger partial charge is 0.0907 e. The van der Waals surface area contributed by atoms with Gasteiger partial charge in [0.15, 0.2) is 0 Å². The highest BCUT2D eigenvalue weighted by molar-refractivity contribution is 6.08. The Morgan fingerprint density at radius 3 is 1.24 bits per heavy atom. The predicted octanol–water partition coefficient (Wildman–Crippen LogP) is 4.92. The van der Waals surface area contributed by atoms with Crippen LogP contribution in [0.25, 0.3) is 0 Å². The Bertz CT molecular complexity index is 251. The van der Waals surface area contributed by atoms with Crippen molar-refractivity contribution in [1.82, 2.24) is 5.32 Å². The maximum Gasteiger partial charge on any atom is 0.0907 e. The zero-order valence-corrected chi connectivity index (χ0v) is 20.4. The third-order valence-electron chi connectivity index (χ3n) is 5.17. The Labute approximate surface area is 163 Å². The van der Waals surface area contributed by atoms with E-state index in [0.717, 1.165) is 11.0 Å². The molecule has 0 aliphatic rings. The van der Waals surface area contributed by atoms with Crippen molar-refractivity contribution < 1.29 is 4.48 Å². The first-order valence-electron chi connectivity index (χ1n) is 11.6. The molecule has 0 aromatic heterocycles. The molecule has 0 rings (SSSR count). The molecule has 0 aliphatic heterocycles. The first kappa shape index (κ1) is 25.1. The van der Waals surface area contributed by atoms with Crippen LogP contribution in [0.2, 0.25) is 6.04 Å². The van der Waals surface area contributed by atoms with E-state index in [2.05, 4.69) is 26.5 Å². The molecule has 0 fully saturated rings. The Balaban J connectivity index is 3.01. The molecule has 0 bridgehead atoms. The van der Waals surface area contributed by atoms with Crippen LogP contribution in [-0.4, -0.2) is 55.5 Å². The molecule has 0 spiro atoms. The first-order valence-corrected chi connectivity index (χ1v) is 13.0. The molecule has 0 unspecified atom stereocenters. The Kier molecular flexibility index (Phi) is 19.0. The quantitative estimate of drug-likeness (QED) is 0.182. The summed E-state index contributed by atoms with van der Waals surface area (Å²) < 4.78 is 1.06. The minimum Gasteiger partial charge on any atom is -0.330 e. The van der Waals surface area contributed by atoms with Gasteiger partial charge in [-0.2, -0.15) is 0 Å². The van der Waals surface area contributed by atoms with Crippen LogP contribution in [0, 0.1) is 0 Å². The topological polar surface area (TPSA) is 12.0 Å². The predicted molar refractivity (Wildman–Crippen MR) is 120 cm³/mol. The number of unbranched alkanes of at least 4 members (excludes halogenated alkanes) is 14. The normalized spacial score (nSPS) is 12.1. The molecule has 0 radical (unpaired) electrons. The second-order valence-electron chi connectivity index (χ2n) is 9.07. The number of hydrogen-bond acceptors (Lipinski definition) is 1. The fraction of sp³-hybridized carbons (Fsp3) is 1.00. The van der Waals surface area contributed by atoms with Gasteiger partial charge in [-0.1, -0.05) is 95.9 Å². The van der Waals surface area contributed by atoms with Crippen molar-refractivity contribution in [3.05, 3.63) is 0 Å². The standard InChI is InChI=1S/C22H51N2Si/c1-24(2,3)21-20-23-19-17-15-13-11-9-7-5-4-6-8-10-12-14-16-18-22-25/h23H,4-22H2,1-3,25H3/q+1. The number of nitrogens with one attached hydrogen (secondary N) is 1. The van der Waals surface area contributed by atoms with E-state index in [1.165, 1.54) is 126 Å². The molecule has 0 amide bonds. The maximum atomic E-state index is 3.58. The second-order valence-corrected chi connectivity index (χ2v) is 10.1. The van der Waals surface area contributed by atoms with Crippen LogP contribution in [0.4, 0.5) is 0 Å². The van der Waals surface area contributed by atoms with Gasteiger partial charge >= 0.3 is 0 Å². The fourth-order valence-electron chi connectivity index (χ4n) is 3.34. The van der Waals surface area contributed by atoms with Gasteiger partial charge < -0.3 is 9.80 Å². The first-order chi connectivity index (χ1) is 12.1. The summed E-state index contributed by atoms with van der Waals surface area (Å²) in [5.74, 6) is 0. The molecule has 0 heterocycles. The SMILES string of the molecule is C[N+](C)(C)CCNCCCCCCCCCCCCCCCCC[SiH3]. The highest BCUT2D eigenvalue weighted by Crippen LogP contribution is 2.13. The molecular formula is C22H51N2Si+. The summed E-state index contributed by atoms with van der Waals surface area (Å²) in [5, 5.41) is 3.58. The van der Waals surface area contributed by atoms with Gasteiger partial charge in [-0.25, -0.2) is 0 Å². The third-order valence-corrected chi connectivity index (χ3v) is 5.87. The van der Waals surface area contributed by atoms with Crippen LogP contribution in [-0.2, 0) is 0 Å². The fourth-order valence-corrected chi connectivity index (χ4v) is 3.84. The Hall–Kier alpha value is 0.137. The molecule has 0 saturated heterocycles. The van der Waals surface area contributed by atoms with E-state index in [1.54, 1.807) is 0 Å². The van der Waals surface area contributed by atoms with E-state index in [-0.39, 0.29) is 0 Å². The molecule has 152 valence electrons. The zero-order valence-electron chi connectivity index (χ0n) is 18.4. The molecule has 25 heavy (non-hydrogen) atoms. The molecule has 3 heteroatoms. The lowest BCUT2D eigenvalue weighted by Gasteiger charge is -2.23. The maximum absolute atomic E-state index is 3.58. The lowest BCUT2D eigenvalue weighted by Crippen LogP contribution is -2.40. The van der Waals surface area contributed by atoms with Crippen molar-refractivity contribution in [2.45, 2.75) is 102 Å². The van der Waals surface area contributed by atoms with Gasteiger partial charge in [0.2, 0.25) is 0 Å². The van der Waals surface area contributed by atoms with Crippen molar-refractivity contribution in [2.24, 2.45) is 0 Å². The van der Waals surface area contributed by atoms with Gasteiger partial charge in [-0.3, -0.25) is 0 Å². The summed E-state index contributed by atoms with van der Waals surface area (Å²) >= 11 is 0. The van der Waals surface area contributed by atoms with Crippen LogP contribution in [0.1, 0.15) is 96.3 Å². The summed E-state index contributed by atoms with van der Waals surface area (Å²) in [6.45, 7) is 3.59. The molecule has 0 aromatic carbocycles. The number of likely N-dealkylation sites (N-methyl/N-ethyl adjacent to an activating group) is 1. The largest absolute Gasteiger partial charge is 0.330 e. The van der Waals surface area contributed by atoms with E-state index in [9.17, 15) is 0 Å². The van der Waals surface area contributed by atoms with Crippen LogP contribution in [0.5, 0.6) is 0 Å². The molecule has 0 aromatic rings. The average Bonchev–Trinajstić information content (AvgIpc) is 2.56. The number of rotatable bonds is 20. The summed E-state index contributed by atoms with van der Waals surface area (Å²) in [6, 6.07) is 1.51. The van der Waals surface area contributed by atoms with Gasteiger partial charge in [0.05, 0.1) is 27.7 Å². The minimum absolute atomic E-state index is 1.06. The van der Waals surface area contributed by atoms with Gasteiger partial charge in [-0.05, 0) is 13.0 Å².